The Labute approximate surface area is 171 Å². The lowest BCUT2D eigenvalue weighted by molar-refractivity contribution is -0.198. The lowest BCUT2D eigenvalue weighted by Gasteiger charge is -2.62. The van der Waals surface area contributed by atoms with Crippen LogP contribution in [0.25, 0.3) is 0 Å². The van der Waals surface area contributed by atoms with Gasteiger partial charge in [0.1, 0.15) is 0 Å². The maximum absolute atomic E-state index is 12.3. The van der Waals surface area contributed by atoms with Gasteiger partial charge in [-0.1, -0.05) is 32.8 Å². The first-order chi connectivity index (χ1) is 13.5. The van der Waals surface area contributed by atoms with Gasteiger partial charge in [-0.3, -0.25) is 9.59 Å². The molecule has 0 spiro atoms. The van der Waals surface area contributed by atoms with Gasteiger partial charge in [-0.05, 0) is 67.3 Å². The third kappa shape index (κ3) is 2.47. The van der Waals surface area contributed by atoms with Crippen molar-refractivity contribution < 1.29 is 29.7 Å². The van der Waals surface area contributed by atoms with Crippen molar-refractivity contribution in [1.82, 2.24) is 0 Å². The van der Waals surface area contributed by atoms with Gasteiger partial charge in [-0.2, -0.15) is 0 Å². The molecule has 160 valence electrons. The van der Waals surface area contributed by atoms with E-state index in [1.165, 1.54) is 6.08 Å². The summed E-state index contributed by atoms with van der Waals surface area (Å²) in [6, 6.07) is 0. The van der Waals surface area contributed by atoms with Gasteiger partial charge >= 0.3 is 11.9 Å². The number of carboxylic acids is 2. The fourth-order valence-electron chi connectivity index (χ4n) is 8.04. The quantitative estimate of drug-likeness (QED) is 0.665. The van der Waals surface area contributed by atoms with Gasteiger partial charge in [-0.15, -0.1) is 0 Å². The predicted molar refractivity (Wildman–Crippen MR) is 105 cm³/mol. The third-order valence-electron chi connectivity index (χ3n) is 9.63. The molecule has 6 nitrogen and oxygen atoms in total. The number of hydrogen-bond acceptors (Lipinski definition) is 4. The van der Waals surface area contributed by atoms with Gasteiger partial charge in [-0.25, -0.2) is 4.79 Å². The van der Waals surface area contributed by atoms with Gasteiger partial charge in [0.15, 0.2) is 11.4 Å². The van der Waals surface area contributed by atoms with Gasteiger partial charge in [0, 0.05) is 5.41 Å². The fourth-order valence-corrected chi connectivity index (χ4v) is 8.04. The molecule has 2 unspecified atom stereocenters. The minimum Gasteiger partial charge on any atom is -0.481 e. The van der Waals surface area contributed by atoms with E-state index in [2.05, 4.69) is 13.8 Å². The van der Waals surface area contributed by atoms with E-state index in [1.807, 2.05) is 0 Å². The second-order valence-corrected chi connectivity index (χ2v) is 10.3. The van der Waals surface area contributed by atoms with Crippen LogP contribution in [0.15, 0.2) is 11.6 Å². The number of carboxylic acid groups (broad SMARTS) is 2. The van der Waals surface area contributed by atoms with Crippen LogP contribution in [0.4, 0.5) is 0 Å². The van der Waals surface area contributed by atoms with Gasteiger partial charge in [0.25, 0.3) is 0 Å². The number of carbonyl (C=O) groups excluding carboxylic acids is 1. The van der Waals surface area contributed by atoms with Crippen LogP contribution in [-0.2, 0) is 14.4 Å². The summed E-state index contributed by atoms with van der Waals surface area (Å²) in [6.45, 7) is 6.25. The highest BCUT2D eigenvalue weighted by atomic mass is 16.4. The largest absolute Gasteiger partial charge is 0.481 e. The Morgan fingerprint density at radius 2 is 1.83 bits per heavy atom. The number of fused-ring (bicyclic) bond motifs is 5. The molecule has 4 rings (SSSR count). The van der Waals surface area contributed by atoms with E-state index < -0.39 is 41.1 Å². The van der Waals surface area contributed by atoms with Crippen molar-refractivity contribution in [3.63, 3.8) is 0 Å². The first-order valence-corrected chi connectivity index (χ1v) is 10.9. The topological polar surface area (TPSA) is 112 Å². The molecule has 8 atom stereocenters. The first-order valence-electron chi connectivity index (χ1n) is 10.9. The van der Waals surface area contributed by atoms with E-state index in [0.717, 1.165) is 25.7 Å². The molecule has 0 bridgehead atoms. The number of carbonyl (C=O) groups is 3. The standard InChI is InChI=1S/C23H32O6/c1-4-12-5-6-16-18-15(19(25)26)10-13-9-14(24)11-23(29,20(27)28)22(13,3)17(18)7-8-21(12,16)2/h9,12,15-18,29H,4-8,10-11H2,1-3H3,(H,25,26)(H,27,28)/t12-,15?,16-,17-,18-,21+,22-,23?/m0/s1. The minimum absolute atomic E-state index is 0.0625. The zero-order chi connectivity index (χ0) is 21.4. The maximum atomic E-state index is 12.3. The Bertz CT molecular complexity index is 801. The Morgan fingerprint density at radius 1 is 1.14 bits per heavy atom. The number of aliphatic carboxylic acids is 2. The highest BCUT2D eigenvalue weighted by molar-refractivity contribution is 5.98. The molecule has 0 aromatic carbocycles. The van der Waals surface area contributed by atoms with Crippen molar-refractivity contribution >= 4 is 17.7 Å². The van der Waals surface area contributed by atoms with Crippen molar-refractivity contribution in [3.05, 3.63) is 11.6 Å². The molecule has 6 heteroatoms. The maximum Gasteiger partial charge on any atom is 0.337 e. The Kier molecular flexibility index (Phi) is 4.54. The third-order valence-corrected chi connectivity index (χ3v) is 9.63. The lowest BCUT2D eigenvalue weighted by Crippen LogP contribution is -2.66. The Balaban J connectivity index is 1.87. The number of ketones is 1. The summed E-state index contributed by atoms with van der Waals surface area (Å²) in [4.78, 5) is 36.8. The molecule has 29 heavy (non-hydrogen) atoms. The Hall–Kier alpha value is -1.69. The van der Waals surface area contributed by atoms with Crippen molar-refractivity contribution in [1.29, 1.82) is 0 Å². The van der Waals surface area contributed by atoms with E-state index in [9.17, 15) is 29.7 Å². The summed E-state index contributed by atoms with van der Waals surface area (Å²) in [5.41, 5.74) is -2.72. The molecule has 3 fully saturated rings. The number of rotatable bonds is 3. The Morgan fingerprint density at radius 3 is 2.41 bits per heavy atom. The van der Waals surface area contributed by atoms with Crippen molar-refractivity contribution in [2.24, 2.45) is 40.4 Å². The van der Waals surface area contributed by atoms with E-state index in [0.29, 0.717) is 17.9 Å². The van der Waals surface area contributed by atoms with Crippen molar-refractivity contribution in [2.75, 3.05) is 0 Å². The van der Waals surface area contributed by atoms with Crippen molar-refractivity contribution in [3.8, 4) is 0 Å². The smallest absolute Gasteiger partial charge is 0.337 e. The molecule has 4 aliphatic carbocycles. The van der Waals surface area contributed by atoms with E-state index in [1.54, 1.807) is 6.92 Å². The van der Waals surface area contributed by atoms with Crippen LogP contribution in [0.5, 0.6) is 0 Å². The summed E-state index contributed by atoms with van der Waals surface area (Å²) >= 11 is 0. The molecule has 3 N–H and O–H groups in total. The highest BCUT2D eigenvalue weighted by Crippen LogP contribution is 2.69. The molecular weight excluding hydrogens is 372 g/mol. The molecule has 3 saturated carbocycles. The summed E-state index contributed by atoms with van der Waals surface area (Å²) in [6.07, 6.45) is 5.85. The molecule has 0 saturated heterocycles. The summed E-state index contributed by atoms with van der Waals surface area (Å²) < 4.78 is 0. The number of aliphatic hydroxyl groups is 1. The monoisotopic (exact) mass is 404 g/mol. The summed E-state index contributed by atoms with van der Waals surface area (Å²) in [5.74, 6) is -2.99. The molecule has 0 radical (unpaired) electrons. The van der Waals surface area contributed by atoms with E-state index in [4.69, 9.17) is 0 Å². The molecule has 0 aliphatic heterocycles. The van der Waals surface area contributed by atoms with Crippen LogP contribution in [0.1, 0.15) is 65.7 Å². The van der Waals surface area contributed by atoms with Gasteiger partial charge < -0.3 is 15.3 Å². The van der Waals surface area contributed by atoms with Crippen LogP contribution in [0.3, 0.4) is 0 Å². The SMILES string of the molecule is CC[C@H]1CC[C@H]2[C@@H]3C(C(=O)O)CC4=CC(=O)CC(O)(C(=O)O)[C@]4(C)[C@H]3CC[C@]12C. The zero-order valence-electron chi connectivity index (χ0n) is 17.5. The minimum atomic E-state index is -2.18. The van der Waals surface area contributed by atoms with Crippen LogP contribution < -0.4 is 0 Å². The van der Waals surface area contributed by atoms with E-state index in [-0.39, 0.29) is 29.6 Å². The lowest BCUT2D eigenvalue weighted by atomic mass is 9.41. The summed E-state index contributed by atoms with van der Waals surface area (Å²) in [7, 11) is 0. The van der Waals surface area contributed by atoms with Crippen LogP contribution in [-0.4, -0.2) is 38.6 Å². The second kappa shape index (κ2) is 6.40. The van der Waals surface area contributed by atoms with Crippen LogP contribution >= 0.6 is 0 Å². The molecule has 4 aliphatic rings. The zero-order valence-corrected chi connectivity index (χ0v) is 17.5. The second-order valence-electron chi connectivity index (χ2n) is 10.3. The highest BCUT2D eigenvalue weighted by Gasteiger charge is 2.69. The number of hydrogen-bond donors (Lipinski definition) is 3. The van der Waals surface area contributed by atoms with Crippen LogP contribution in [0, 0.1) is 40.4 Å². The first kappa shape index (κ1) is 20.6. The molecule has 0 aromatic heterocycles. The predicted octanol–water partition coefficient (Wildman–Crippen LogP) is 3.28. The normalized spacial score (nSPS) is 48.9. The average Bonchev–Trinajstić information content (AvgIpc) is 2.98. The summed E-state index contributed by atoms with van der Waals surface area (Å²) in [5, 5.41) is 31.4. The average molecular weight is 405 g/mol. The van der Waals surface area contributed by atoms with Crippen LogP contribution in [0.2, 0.25) is 0 Å². The van der Waals surface area contributed by atoms with Gasteiger partial charge in [0.05, 0.1) is 12.3 Å². The van der Waals surface area contributed by atoms with E-state index >= 15 is 0 Å². The fraction of sp³-hybridized carbons (Fsp3) is 0.783. The molecular formula is C23H32O6. The molecule has 0 amide bonds. The van der Waals surface area contributed by atoms with Crippen molar-refractivity contribution in [2.45, 2.75) is 71.3 Å². The van der Waals surface area contributed by atoms with Gasteiger partial charge in [0.2, 0.25) is 0 Å². The molecule has 0 heterocycles. The molecule has 0 aromatic rings.